The lowest BCUT2D eigenvalue weighted by Gasteiger charge is -2.16. The first-order chi connectivity index (χ1) is 15.9. The Hall–Kier alpha value is -3.53. The SMILES string of the molecule is CCCCC[C@H](CC(=O)NO)C(=O)NCNC(=O)c1ccc(-c2cc(OC)ccc2OC)o1. The first-order valence-corrected chi connectivity index (χ1v) is 10.7. The number of hydrogen-bond acceptors (Lipinski definition) is 7. The van der Waals surface area contributed by atoms with Crippen molar-refractivity contribution in [3.05, 3.63) is 36.1 Å². The van der Waals surface area contributed by atoms with E-state index in [1.807, 2.05) is 6.92 Å². The van der Waals surface area contributed by atoms with E-state index in [4.69, 9.17) is 19.1 Å². The second-order valence-corrected chi connectivity index (χ2v) is 7.39. The summed E-state index contributed by atoms with van der Waals surface area (Å²) in [7, 11) is 3.08. The van der Waals surface area contributed by atoms with Crippen molar-refractivity contribution in [2.24, 2.45) is 5.92 Å². The highest BCUT2D eigenvalue weighted by molar-refractivity contribution is 5.92. The zero-order valence-corrected chi connectivity index (χ0v) is 19.1. The van der Waals surface area contributed by atoms with Crippen molar-refractivity contribution < 1.29 is 33.5 Å². The lowest BCUT2D eigenvalue weighted by Crippen LogP contribution is -2.41. The monoisotopic (exact) mass is 461 g/mol. The van der Waals surface area contributed by atoms with Crippen molar-refractivity contribution in [1.82, 2.24) is 16.1 Å². The Balaban J connectivity index is 1.96. The fourth-order valence-electron chi connectivity index (χ4n) is 3.29. The Labute approximate surface area is 192 Å². The molecule has 2 aromatic rings. The Morgan fingerprint density at radius 2 is 1.85 bits per heavy atom. The van der Waals surface area contributed by atoms with Gasteiger partial charge < -0.3 is 24.5 Å². The summed E-state index contributed by atoms with van der Waals surface area (Å²) >= 11 is 0. The molecule has 0 radical (unpaired) electrons. The Kier molecular flexibility index (Phi) is 10.2. The summed E-state index contributed by atoms with van der Waals surface area (Å²) < 4.78 is 16.2. The number of nitrogens with one attached hydrogen (secondary N) is 3. The van der Waals surface area contributed by atoms with Crippen molar-refractivity contribution in [2.45, 2.75) is 39.0 Å². The second kappa shape index (κ2) is 13.1. The molecule has 0 spiro atoms. The van der Waals surface area contributed by atoms with Gasteiger partial charge in [-0.1, -0.05) is 26.2 Å². The Morgan fingerprint density at radius 1 is 1.06 bits per heavy atom. The van der Waals surface area contributed by atoms with Gasteiger partial charge in [0.25, 0.3) is 5.91 Å². The second-order valence-electron chi connectivity index (χ2n) is 7.39. The van der Waals surface area contributed by atoms with Crippen LogP contribution in [0, 0.1) is 5.92 Å². The largest absolute Gasteiger partial charge is 0.497 e. The highest BCUT2D eigenvalue weighted by Gasteiger charge is 2.22. The molecule has 0 unspecified atom stereocenters. The van der Waals surface area contributed by atoms with E-state index in [0.29, 0.717) is 29.2 Å². The van der Waals surface area contributed by atoms with Crippen LogP contribution in [-0.4, -0.2) is 43.8 Å². The maximum Gasteiger partial charge on any atom is 0.288 e. The molecule has 180 valence electrons. The summed E-state index contributed by atoms with van der Waals surface area (Å²) in [5.74, 6) is -0.475. The fourth-order valence-corrected chi connectivity index (χ4v) is 3.29. The number of unbranched alkanes of at least 4 members (excludes halogenated alkanes) is 2. The molecule has 0 aliphatic rings. The number of carbonyl (C=O) groups excluding carboxylic acids is 3. The summed E-state index contributed by atoms with van der Waals surface area (Å²) in [6, 6.07) is 8.38. The molecule has 0 fully saturated rings. The predicted octanol–water partition coefficient (Wildman–Crippen LogP) is 2.86. The number of furan rings is 1. The van der Waals surface area contributed by atoms with Crippen LogP contribution < -0.4 is 25.6 Å². The van der Waals surface area contributed by atoms with Crippen LogP contribution in [0.25, 0.3) is 11.3 Å². The van der Waals surface area contributed by atoms with Gasteiger partial charge in [-0.2, -0.15) is 0 Å². The zero-order chi connectivity index (χ0) is 24.2. The van der Waals surface area contributed by atoms with Gasteiger partial charge in [-0.15, -0.1) is 0 Å². The van der Waals surface area contributed by atoms with E-state index >= 15 is 0 Å². The summed E-state index contributed by atoms with van der Waals surface area (Å²) in [4.78, 5) is 36.4. The fraction of sp³-hybridized carbons (Fsp3) is 0.435. The number of amides is 3. The third-order valence-electron chi connectivity index (χ3n) is 5.10. The number of carbonyl (C=O) groups is 3. The zero-order valence-electron chi connectivity index (χ0n) is 19.1. The van der Waals surface area contributed by atoms with Gasteiger partial charge in [0.05, 0.1) is 26.5 Å². The summed E-state index contributed by atoms with van der Waals surface area (Å²) in [6.07, 6.45) is 3.06. The average Bonchev–Trinajstić information content (AvgIpc) is 3.33. The smallest absolute Gasteiger partial charge is 0.288 e. The Bertz CT molecular complexity index is 942. The molecule has 0 bridgehead atoms. The number of benzene rings is 1. The topological polar surface area (TPSA) is 139 Å². The van der Waals surface area contributed by atoms with Gasteiger partial charge >= 0.3 is 0 Å². The van der Waals surface area contributed by atoms with Crippen LogP contribution in [0.15, 0.2) is 34.7 Å². The van der Waals surface area contributed by atoms with Gasteiger partial charge in [-0.25, -0.2) is 5.48 Å². The molecule has 10 nitrogen and oxygen atoms in total. The molecule has 10 heteroatoms. The van der Waals surface area contributed by atoms with Crippen LogP contribution >= 0.6 is 0 Å². The van der Waals surface area contributed by atoms with Gasteiger partial charge in [-0.3, -0.25) is 19.6 Å². The van der Waals surface area contributed by atoms with Crippen LogP contribution in [0.2, 0.25) is 0 Å². The van der Waals surface area contributed by atoms with Gasteiger partial charge in [0.15, 0.2) is 5.76 Å². The lowest BCUT2D eigenvalue weighted by atomic mass is 9.96. The summed E-state index contributed by atoms with van der Waals surface area (Å²) in [6.45, 7) is 1.90. The van der Waals surface area contributed by atoms with Crippen molar-refractivity contribution in [3.63, 3.8) is 0 Å². The summed E-state index contributed by atoms with van der Waals surface area (Å²) in [5.41, 5.74) is 2.18. The molecular weight excluding hydrogens is 430 g/mol. The van der Waals surface area contributed by atoms with Gasteiger partial charge in [0.1, 0.15) is 17.3 Å². The third kappa shape index (κ3) is 7.53. The first kappa shape index (κ1) is 25.7. The minimum Gasteiger partial charge on any atom is -0.497 e. The van der Waals surface area contributed by atoms with Crippen molar-refractivity contribution >= 4 is 17.7 Å². The molecule has 0 saturated heterocycles. The molecule has 1 aromatic heterocycles. The first-order valence-electron chi connectivity index (χ1n) is 10.7. The van der Waals surface area contributed by atoms with Crippen LogP contribution in [0.1, 0.15) is 49.6 Å². The van der Waals surface area contributed by atoms with E-state index in [-0.39, 0.29) is 24.8 Å². The lowest BCUT2D eigenvalue weighted by molar-refractivity contribution is -0.135. The van der Waals surface area contributed by atoms with Gasteiger partial charge in [-0.05, 0) is 36.8 Å². The van der Waals surface area contributed by atoms with E-state index in [0.717, 1.165) is 19.3 Å². The maximum atomic E-state index is 12.5. The van der Waals surface area contributed by atoms with Gasteiger partial charge in [0, 0.05) is 12.3 Å². The molecule has 1 atom stereocenters. The number of ether oxygens (including phenoxy) is 2. The van der Waals surface area contributed by atoms with E-state index in [2.05, 4.69) is 10.6 Å². The molecule has 4 N–H and O–H groups in total. The van der Waals surface area contributed by atoms with E-state index in [1.165, 1.54) is 13.2 Å². The summed E-state index contributed by atoms with van der Waals surface area (Å²) in [5, 5.41) is 13.9. The molecule has 0 aliphatic carbocycles. The Morgan fingerprint density at radius 3 is 2.52 bits per heavy atom. The molecule has 1 aromatic carbocycles. The molecular formula is C23H31N3O7. The quantitative estimate of drug-likeness (QED) is 0.156. The predicted molar refractivity (Wildman–Crippen MR) is 120 cm³/mol. The minimum atomic E-state index is -0.633. The van der Waals surface area contributed by atoms with E-state index in [9.17, 15) is 14.4 Å². The highest BCUT2D eigenvalue weighted by atomic mass is 16.5. The maximum absolute atomic E-state index is 12.5. The number of methoxy groups -OCH3 is 2. The van der Waals surface area contributed by atoms with E-state index < -0.39 is 17.7 Å². The highest BCUT2D eigenvalue weighted by Crippen LogP contribution is 2.34. The van der Waals surface area contributed by atoms with Crippen molar-refractivity contribution in [1.29, 1.82) is 0 Å². The third-order valence-corrected chi connectivity index (χ3v) is 5.10. The molecule has 33 heavy (non-hydrogen) atoms. The number of hydrogen-bond donors (Lipinski definition) is 4. The van der Waals surface area contributed by atoms with Gasteiger partial charge in [0.2, 0.25) is 11.8 Å². The number of hydroxylamine groups is 1. The minimum absolute atomic E-state index is 0.0586. The van der Waals surface area contributed by atoms with Crippen molar-refractivity contribution in [2.75, 3.05) is 20.9 Å². The molecule has 1 heterocycles. The molecule has 0 saturated carbocycles. The number of rotatable bonds is 13. The van der Waals surface area contributed by atoms with E-state index in [1.54, 1.807) is 36.9 Å². The van der Waals surface area contributed by atoms with Crippen LogP contribution in [0.5, 0.6) is 11.5 Å². The average molecular weight is 462 g/mol. The van der Waals surface area contributed by atoms with Crippen LogP contribution in [0.4, 0.5) is 0 Å². The van der Waals surface area contributed by atoms with Crippen LogP contribution in [-0.2, 0) is 9.59 Å². The molecule has 2 rings (SSSR count). The van der Waals surface area contributed by atoms with Crippen molar-refractivity contribution in [3.8, 4) is 22.8 Å². The normalized spacial score (nSPS) is 11.4. The standard InChI is InChI=1S/C23H31N3O7/c1-4-5-6-7-15(12-21(27)26-30)22(28)24-14-25-23(29)20-11-10-19(33-20)17-13-16(31-2)8-9-18(17)32-3/h8-11,13,15,30H,4-7,12,14H2,1-3H3,(H,24,28)(H,25,29)(H,26,27)/t15-/m1/s1. The van der Waals surface area contributed by atoms with Crippen LogP contribution in [0.3, 0.4) is 0 Å². The molecule has 3 amide bonds. The molecule has 0 aliphatic heterocycles.